The standard InChI is InChI=1S/C28H27N3O3/c1-4-33-21-12-10-19(11-13-21)27-24-18-31(17-20-8-6-7-9-26(20)32-3)25-15-14-22(34-5-2)16-23(25)28(24)30-29-27/h6-16,18H,4-5,17H2,1-3H3. The number of rotatable bonds is 8. The molecule has 0 spiro atoms. The lowest BCUT2D eigenvalue weighted by Crippen LogP contribution is -2.05. The third-order valence-corrected chi connectivity index (χ3v) is 5.86. The fourth-order valence-corrected chi connectivity index (χ4v) is 4.32. The fourth-order valence-electron chi connectivity index (χ4n) is 4.32. The lowest BCUT2D eigenvalue weighted by molar-refractivity contribution is 0.340. The molecule has 2 aliphatic rings. The van der Waals surface area contributed by atoms with Crippen LogP contribution in [0.3, 0.4) is 0 Å². The Morgan fingerprint density at radius 3 is 2.26 bits per heavy atom. The second-order valence-electron chi connectivity index (χ2n) is 7.95. The van der Waals surface area contributed by atoms with Crippen LogP contribution in [0.2, 0.25) is 0 Å². The largest absolute Gasteiger partial charge is 0.496 e. The van der Waals surface area contributed by atoms with E-state index in [2.05, 4.69) is 39.2 Å². The number of hydrogen-bond donors (Lipinski definition) is 0. The number of fused-ring (bicyclic) bond motifs is 3. The van der Waals surface area contributed by atoms with Crippen molar-refractivity contribution in [3.05, 3.63) is 78.5 Å². The van der Waals surface area contributed by atoms with Crippen LogP contribution in [0.1, 0.15) is 19.4 Å². The summed E-state index contributed by atoms with van der Waals surface area (Å²) in [5.74, 6) is 2.52. The van der Waals surface area contributed by atoms with Crippen LogP contribution in [0.25, 0.3) is 33.4 Å². The highest BCUT2D eigenvalue weighted by Gasteiger charge is 2.21. The molecule has 6 nitrogen and oxygen atoms in total. The van der Waals surface area contributed by atoms with E-state index in [1.165, 1.54) is 0 Å². The smallest absolute Gasteiger partial charge is 0.123 e. The first kappa shape index (κ1) is 21.8. The van der Waals surface area contributed by atoms with E-state index in [0.29, 0.717) is 19.8 Å². The molecule has 3 aromatic carbocycles. The SMILES string of the molecule is CCOc1ccc(-c2nnc3c4cc(OCC)ccc4n(Cc4ccccc4OC)cc2-3)cc1. The summed E-state index contributed by atoms with van der Waals surface area (Å²) >= 11 is 0. The molecule has 0 amide bonds. The number of benzene rings is 3. The molecule has 0 N–H and O–H groups in total. The average Bonchev–Trinajstić information content (AvgIpc) is 3.29. The molecular formula is C28H27N3O3. The van der Waals surface area contributed by atoms with E-state index in [9.17, 15) is 0 Å². The first-order valence-electron chi connectivity index (χ1n) is 11.5. The lowest BCUT2D eigenvalue weighted by Gasteiger charge is -2.17. The van der Waals surface area contributed by atoms with Gasteiger partial charge in [-0.05, 0) is 62.4 Å². The lowest BCUT2D eigenvalue weighted by atomic mass is 10.0. The molecule has 34 heavy (non-hydrogen) atoms. The molecule has 5 rings (SSSR count). The Balaban J connectivity index is 1.68. The third-order valence-electron chi connectivity index (χ3n) is 5.86. The Morgan fingerprint density at radius 1 is 0.794 bits per heavy atom. The molecule has 0 atom stereocenters. The van der Waals surface area contributed by atoms with Crippen LogP contribution in [0, 0.1) is 0 Å². The number of nitrogens with zero attached hydrogens (tertiary/aromatic N) is 3. The van der Waals surface area contributed by atoms with Crippen LogP contribution in [-0.2, 0) is 6.54 Å². The van der Waals surface area contributed by atoms with E-state index < -0.39 is 0 Å². The van der Waals surface area contributed by atoms with Crippen molar-refractivity contribution in [2.75, 3.05) is 20.3 Å². The topological polar surface area (TPSA) is 58.4 Å². The van der Waals surface area contributed by atoms with Gasteiger partial charge in [0.2, 0.25) is 0 Å². The third kappa shape index (κ3) is 4.03. The Morgan fingerprint density at radius 2 is 1.50 bits per heavy atom. The van der Waals surface area contributed by atoms with Crippen LogP contribution in [0.4, 0.5) is 0 Å². The Kier molecular flexibility index (Phi) is 6.04. The van der Waals surface area contributed by atoms with Gasteiger partial charge in [0.15, 0.2) is 0 Å². The molecule has 172 valence electrons. The van der Waals surface area contributed by atoms with E-state index in [1.807, 2.05) is 62.4 Å². The molecule has 0 unspecified atom stereocenters. The second-order valence-corrected chi connectivity index (χ2v) is 7.95. The van der Waals surface area contributed by atoms with Crippen LogP contribution in [0.15, 0.2) is 72.9 Å². The maximum Gasteiger partial charge on any atom is 0.123 e. The van der Waals surface area contributed by atoms with Gasteiger partial charge in [0.1, 0.15) is 28.6 Å². The Labute approximate surface area is 199 Å². The van der Waals surface area contributed by atoms with Gasteiger partial charge in [0, 0.05) is 28.3 Å². The van der Waals surface area contributed by atoms with Gasteiger partial charge in [-0.15, -0.1) is 10.2 Å². The van der Waals surface area contributed by atoms with Crippen molar-refractivity contribution in [3.8, 4) is 39.8 Å². The van der Waals surface area contributed by atoms with Gasteiger partial charge in [-0.1, -0.05) is 18.2 Å². The maximum absolute atomic E-state index is 5.79. The van der Waals surface area contributed by atoms with Gasteiger partial charge < -0.3 is 18.8 Å². The quantitative estimate of drug-likeness (QED) is 0.286. The minimum absolute atomic E-state index is 0.604. The molecular weight excluding hydrogens is 426 g/mol. The highest BCUT2D eigenvalue weighted by atomic mass is 16.5. The molecule has 0 saturated heterocycles. The van der Waals surface area contributed by atoms with Gasteiger partial charge in [-0.2, -0.15) is 0 Å². The summed E-state index contributed by atoms with van der Waals surface area (Å²) in [6.07, 6.45) is 2.14. The highest BCUT2D eigenvalue weighted by Crippen LogP contribution is 2.38. The van der Waals surface area contributed by atoms with Crippen LogP contribution < -0.4 is 14.2 Å². The molecule has 0 saturated carbocycles. The summed E-state index contributed by atoms with van der Waals surface area (Å²) in [4.78, 5) is 0. The first-order valence-corrected chi connectivity index (χ1v) is 11.5. The van der Waals surface area contributed by atoms with E-state index in [-0.39, 0.29) is 0 Å². The van der Waals surface area contributed by atoms with Crippen LogP contribution in [0.5, 0.6) is 17.2 Å². The summed E-state index contributed by atoms with van der Waals surface area (Å²) in [5, 5.41) is 10.2. The minimum atomic E-state index is 0.604. The molecule has 3 aromatic rings. The summed E-state index contributed by atoms with van der Waals surface area (Å²) in [6, 6.07) is 22.2. The van der Waals surface area contributed by atoms with Gasteiger partial charge in [0.25, 0.3) is 0 Å². The van der Waals surface area contributed by atoms with E-state index >= 15 is 0 Å². The number of ether oxygens (including phenoxy) is 3. The number of aromatic nitrogens is 3. The summed E-state index contributed by atoms with van der Waals surface area (Å²) in [6.45, 7) is 5.85. The van der Waals surface area contributed by atoms with Crippen molar-refractivity contribution in [1.82, 2.24) is 14.8 Å². The average molecular weight is 454 g/mol. The van der Waals surface area contributed by atoms with Crippen molar-refractivity contribution in [2.45, 2.75) is 20.4 Å². The predicted molar refractivity (Wildman–Crippen MR) is 134 cm³/mol. The highest BCUT2D eigenvalue weighted by molar-refractivity contribution is 5.98. The van der Waals surface area contributed by atoms with Crippen LogP contribution >= 0.6 is 0 Å². The Bertz CT molecular complexity index is 1390. The molecule has 0 radical (unpaired) electrons. The molecule has 6 heteroatoms. The zero-order chi connectivity index (χ0) is 23.5. The van der Waals surface area contributed by atoms with E-state index in [1.54, 1.807) is 7.11 Å². The van der Waals surface area contributed by atoms with E-state index in [0.717, 1.165) is 56.2 Å². The zero-order valence-electron chi connectivity index (χ0n) is 19.6. The van der Waals surface area contributed by atoms with Crippen molar-refractivity contribution in [3.63, 3.8) is 0 Å². The number of methoxy groups -OCH3 is 1. The number of hydrogen-bond acceptors (Lipinski definition) is 5. The predicted octanol–water partition coefficient (Wildman–Crippen LogP) is 6.06. The molecule has 0 fully saturated rings. The first-order chi connectivity index (χ1) is 16.7. The minimum Gasteiger partial charge on any atom is -0.496 e. The number of para-hydroxylation sites is 1. The van der Waals surface area contributed by atoms with Crippen molar-refractivity contribution in [1.29, 1.82) is 0 Å². The molecule has 2 aliphatic heterocycles. The van der Waals surface area contributed by atoms with Crippen LogP contribution in [-0.4, -0.2) is 35.1 Å². The Hall–Kier alpha value is -4.06. The maximum atomic E-state index is 5.79. The second kappa shape index (κ2) is 9.43. The normalized spacial score (nSPS) is 11.1. The summed E-state index contributed by atoms with van der Waals surface area (Å²) in [5.41, 5.74) is 5.84. The number of pyridine rings is 1. The zero-order valence-corrected chi connectivity index (χ0v) is 19.6. The monoisotopic (exact) mass is 453 g/mol. The van der Waals surface area contributed by atoms with E-state index in [4.69, 9.17) is 14.2 Å². The summed E-state index contributed by atoms with van der Waals surface area (Å²) < 4.78 is 19.2. The fraction of sp³-hybridized carbons (Fsp3) is 0.214. The molecule has 2 heterocycles. The summed E-state index contributed by atoms with van der Waals surface area (Å²) in [7, 11) is 1.70. The van der Waals surface area contributed by atoms with Crippen molar-refractivity contribution in [2.24, 2.45) is 0 Å². The van der Waals surface area contributed by atoms with Gasteiger partial charge in [-0.3, -0.25) is 0 Å². The van der Waals surface area contributed by atoms with Gasteiger partial charge >= 0.3 is 0 Å². The van der Waals surface area contributed by atoms with Gasteiger partial charge in [0.05, 0.1) is 32.4 Å². The van der Waals surface area contributed by atoms with Gasteiger partial charge in [-0.25, -0.2) is 0 Å². The molecule has 0 aromatic heterocycles. The van der Waals surface area contributed by atoms with Crippen molar-refractivity contribution < 1.29 is 14.2 Å². The molecule has 0 aliphatic carbocycles. The molecule has 0 bridgehead atoms. The van der Waals surface area contributed by atoms with Crippen molar-refractivity contribution >= 4 is 10.9 Å².